The Morgan fingerprint density at radius 3 is 2.45 bits per heavy atom. The van der Waals surface area contributed by atoms with Gasteiger partial charge in [-0.15, -0.1) is 0 Å². The number of amides is 2. The molecule has 0 aromatic heterocycles. The Balaban J connectivity index is 2.73. The van der Waals surface area contributed by atoms with Crippen LogP contribution in [0.1, 0.15) is 19.3 Å². The quantitative estimate of drug-likeness (QED) is 0.348. The number of carbonyl (C=O) groups excluding carboxylic acids is 2. The zero-order chi connectivity index (χ0) is 16.9. The Kier molecular flexibility index (Phi) is 6.62. The molecule has 1 rings (SSSR count). The Bertz CT molecular complexity index is 472. The van der Waals surface area contributed by atoms with Crippen molar-refractivity contribution in [3.8, 4) is 0 Å². The fourth-order valence-electron chi connectivity index (χ4n) is 2.24. The minimum absolute atomic E-state index is 0.0831. The third kappa shape index (κ3) is 4.60. The summed E-state index contributed by atoms with van der Waals surface area (Å²) in [6.45, 7) is 0.281. The number of nitrogens with two attached hydrogens (primary N) is 1. The number of aliphatic carboxylic acids is 2. The summed E-state index contributed by atoms with van der Waals surface area (Å²) in [5, 5.41) is 19.9. The lowest BCUT2D eigenvalue weighted by Crippen LogP contribution is -2.54. The van der Waals surface area contributed by atoms with E-state index in [1.165, 1.54) is 4.90 Å². The molecule has 124 valence electrons. The molecule has 1 aliphatic rings. The van der Waals surface area contributed by atoms with E-state index in [0.717, 1.165) is 0 Å². The van der Waals surface area contributed by atoms with Crippen molar-refractivity contribution < 1.29 is 29.4 Å². The summed E-state index contributed by atoms with van der Waals surface area (Å²) in [5.41, 5.74) is 5.53. The first-order valence-corrected chi connectivity index (χ1v) is 7.33. The van der Waals surface area contributed by atoms with Gasteiger partial charge in [0.2, 0.25) is 11.8 Å². The minimum atomic E-state index is -1.23. The topological polar surface area (TPSA) is 150 Å². The van der Waals surface area contributed by atoms with Gasteiger partial charge in [0.1, 0.15) is 12.1 Å². The molecule has 0 bridgehead atoms. The van der Waals surface area contributed by atoms with Gasteiger partial charge in [0.15, 0.2) is 0 Å². The zero-order valence-electron chi connectivity index (χ0n) is 11.8. The van der Waals surface area contributed by atoms with Crippen molar-refractivity contribution in [3.05, 3.63) is 0 Å². The predicted octanol–water partition coefficient (Wildman–Crippen LogP) is -1.72. The lowest BCUT2D eigenvalue weighted by molar-refractivity contribution is -0.145. The van der Waals surface area contributed by atoms with Crippen LogP contribution in [0.3, 0.4) is 0 Å². The van der Waals surface area contributed by atoms with Crippen LogP contribution in [0, 0.1) is 0 Å². The smallest absolute Gasteiger partial charge is 0.327 e. The molecule has 3 unspecified atom stereocenters. The lowest BCUT2D eigenvalue weighted by atomic mass is 10.1. The average molecular weight is 333 g/mol. The summed E-state index contributed by atoms with van der Waals surface area (Å²) < 4.78 is 0. The van der Waals surface area contributed by atoms with E-state index in [0.29, 0.717) is 12.8 Å². The molecule has 1 fully saturated rings. The Hall–Kier alpha value is -1.81. The summed E-state index contributed by atoms with van der Waals surface area (Å²) >= 11 is 3.84. The van der Waals surface area contributed by atoms with Crippen molar-refractivity contribution in [1.82, 2.24) is 10.2 Å². The van der Waals surface area contributed by atoms with Crippen molar-refractivity contribution in [2.75, 3.05) is 12.3 Å². The van der Waals surface area contributed by atoms with Gasteiger partial charge >= 0.3 is 11.9 Å². The van der Waals surface area contributed by atoms with Crippen LogP contribution >= 0.6 is 12.6 Å². The molecule has 1 saturated heterocycles. The van der Waals surface area contributed by atoms with Crippen LogP contribution in [0.2, 0.25) is 0 Å². The van der Waals surface area contributed by atoms with Gasteiger partial charge in [-0.25, -0.2) is 4.79 Å². The van der Waals surface area contributed by atoms with Gasteiger partial charge < -0.3 is 26.2 Å². The predicted molar refractivity (Wildman–Crippen MR) is 78.4 cm³/mol. The zero-order valence-corrected chi connectivity index (χ0v) is 12.7. The van der Waals surface area contributed by atoms with Crippen LogP contribution < -0.4 is 11.1 Å². The second-order valence-electron chi connectivity index (χ2n) is 4.98. The molecule has 3 atom stereocenters. The molecule has 10 heteroatoms. The molecule has 22 heavy (non-hydrogen) atoms. The Morgan fingerprint density at radius 2 is 1.95 bits per heavy atom. The number of hydrogen-bond donors (Lipinski definition) is 5. The maximum atomic E-state index is 12.1. The molecule has 0 saturated carbocycles. The van der Waals surface area contributed by atoms with Crippen LogP contribution in [-0.2, 0) is 19.2 Å². The first kappa shape index (κ1) is 18.2. The van der Waals surface area contributed by atoms with E-state index in [9.17, 15) is 19.2 Å². The third-order valence-electron chi connectivity index (χ3n) is 3.35. The van der Waals surface area contributed by atoms with Crippen molar-refractivity contribution >= 4 is 36.4 Å². The van der Waals surface area contributed by atoms with Crippen molar-refractivity contribution in [2.24, 2.45) is 5.73 Å². The van der Waals surface area contributed by atoms with Gasteiger partial charge in [-0.2, -0.15) is 12.6 Å². The molecule has 0 spiro atoms. The molecule has 0 aromatic rings. The number of carbonyl (C=O) groups is 4. The van der Waals surface area contributed by atoms with E-state index in [1.807, 2.05) is 0 Å². The summed E-state index contributed by atoms with van der Waals surface area (Å²) in [6, 6.07) is -3.22. The van der Waals surface area contributed by atoms with Crippen LogP contribution in [0.25, 0.3) is 0 Å². The molecule has 1 aliphatic heterocycles. The number of carboxylic acids is 2. The van der Waals surface area contributed by atoms with Crippen LogP contribution in [-0.4, -0.2) is 69.3 Å². The van der Waals surface area contributed by atoms with E-state index in [1.54, 1.807) is 0 Å². The van der Waals surface area contributed by atoms with Gasteiger partial charge in [0.05, 0.1) is 12.5 Å². The van der Waals surface area contributed by atoms with Gasteiger partial charge in [0.25, 0.3) is 0 Å². The fourth-order valence-corrected chi connectivity index (χ4v) is 2.49. The monoisotopic (exact) mass is 333 g/mol. The number of nitrogens with zero attached hydrogens (tertiary/aromatic N) is 1. The van der Waals surface area contributed by atoms with Crippen molar-refractivity contribution in [2.45, 2.75) is 37.4 Å². The maximum Gasteiger partial charge on any atom is 0.327 e. The van der Waals surface area contributed by atoms with E-state index < -0.39 is 48.3 Å². The number of thiol groups is 1. The highest BCUT2D eigenvalue weighted by Crippen LogP contribution is 2.19. The van der Waals surface area contributed by atoms with Gasteiger partial charge in [-0.3, -0.25) is 14.4 Å². The Labute approximate surface area is 132 Å². The number of nitrogens with one attached hydrogen (secondary N) is 1. The van der Waals surface area contributed by atoms with Crippen molar-refractivity contribution in [3.63, 3.8) is 0 Å². The molecule has 0 radical (unpaired) electrons. The fraction of sp³-hybridized carbons (Fsp3) is 0.667. The lowest BCUT2D eigenvalue weighted by Gasteiger charge is -2.27. The SMILES string of the molecule is NC(CC(=O)O)C(=O)N1CCCC1C(=O)NC(CS)C(=O)O. The van der Waals surface area contributed by atoms with Gasteiger partial charge in [-0.05, 0) is 12.8 Å². The molecule has 2 amide bonds. The second kappa shape index (κ2) is 7.99. The minimum Gasteiger partial charge on any atom is -0.481 e. The largest absolute Gasteiger partial charge is 0.481 e. The molecule has 1 heterocycles. The standard InChI is InChI=1S/C12H19N3O6S/c13-6(4-9(16)17)11(19)15-3-1-2-8(15)10(18)14-7(5-22)12(20)21/h6-8,22H,1-5,13H2,(H,14,18)(H,16,17)(H,20,21). The molecule has 9 nitrogen and oxygen atoms in total. The third-order valence-corrected chi connectivity index (χ3v) is 3.71. The highest BCUT2D eigenvalue weighted by Gasteiger charge is 2.37. The maximum absolute atomic E-state index is 12.1. The van der Waals surface area contributed by atoms with E-state index in [4.69, 9.17) is 15.9 Å². The van der Waals surface area contributed by atoms with Gasteiger partial charge in [-0.1, -0.05) is 0 Å². The average Bonchev–Trinajstić information content (AvgIpc) is 2.91. The highest BCUT2D eigenvalue weighted by atomic mass is 32.1. The first-order valence-electron chi connectivity index (χ1n) is 6.69. The van der Waals surface area contributed by atoms with Crippen LogP contribution in [0.15, 0.2) is 0 Å². The number of hydrogen-bond acceptors (Lipinski definition) is 6. The molecule has 0 aromatic carbocycles. The van der Waals surface area contributed by atoms with Gasteiger partial charge in [0, 0.05) is 12.3 Å². The van der Waals surface area contributed by atoms with Crippen LogP contribution in [0.4, 0.5) is 0 Å². The first-order chi connectivity index (χ1) is 10.3. The highest BCUT2D eigenvalue weighted by molar-refractivity contribution is 7.80. The van der Waals surface area contributed by atoms with E-state index in [2.05, 4.69) is 17.9 Å². The molecular formula is C12H19N3O6S. The summed E-state index contributed by atoms with van der Waals surface area (Å²) in [7, 11) is 0. The van der Waals surface area contributed by atoms with Crippen LogP contribution in [0.5, 0.6) is 0 Å². The number of likely N-dealkylation sites (tertiary alicyclic amines) is 1. The number of rotatable bonds is 7. The summed E-state index contributed by atoms with van der Waals surface area (Å²) in [6.07, 6.45) is 0.399. The summed E-state index contributed by atoms with van der Waals surface area (Å²) in [5.74, 6) is -3.74. The molecule has 5 N–H and O–H groups in total. The molecular weight excluding hydrogens is 314 g/mol. The summed E-state index contributed by atoms with van der Waals surface area (Å²) in [4.78, 5) is 46.9. The number of carboxylic acid groups (broad SMARTS) is 2. The normalized spacial score (nSPS) is 20.3. The van der Waals surface area contributed by atoms with Crippen molar-refractivity contribution in [1.29, 1.82) is 0 Å². The van der Waals surface area contributed by atoms with E-state index >= 15 is 0 Å². The Morgan fingerprint density at radius 1 is 1.32 bits per heavy atom. The van der Waals surface area contributed by atoms with E-state index in [-0.39, 0.29) is 12.3 Å². The molecule has 0 aliphatic carbocycles. The second-order valence-corrected chi connectivity index (χ2v) is 5.34.